The third kappa shape index (κ3) is 3.34. The summed E-state index contributed by atoms with van der Waals surface area (Å²) in [4.78, 5) is 26.4. The number of hydrogen-bond donors (Lipinski definition) is 1. The number of halogens is 1. The molecule has 0 unspecified atom stereocenters. The van der Waals surface area contributed by atoms with Crippen molar-refractivity contribution in [2.45, 2.75) is 51.0 Å². The lowest BCUT2D eigenvalue weighted by molar-refractivity contribution is -0.116. The second kappa shape index (κ2) is 7.84. The Morgan fingerprint density at radius 2 is 1.58 bits per heavy atom. The Morgan fingerprint density at radius 1 is 0.879 bits per heavy atom. The molecule has 2 heterocycles. The number of ketones is 2. The molecule has 3 aromatic rings. The molecule has 166 valence electrons. The first-order chi connectivity index (χ1) is 16.1. The lowest BCUT2D eigenvalue weighted by Gasteiger charge is -2.37. The van der Waals surface area contributed by atoms with Crippen LogP contribution in [0, 0.1) is 5.82 Å². The Hall–Kier alpha value is -3.47. The number of nitrogens with one attached hydrogen (secondary N) is 1. The van der Waals surface area contributed by atoms with E-state index < -0.39 is 0 Å². The average molecular weight is 441 g/mol. The largest absolute Gasteiger partial charge is 0.362 e. The molecular weight excluding hydrogens is 415 g/mol. The average Bonchev–Trinajstić information content (AvgIpc) is 3.16. The lowest BCUT2D eigenvalue weighted by atomic mass is 9.71. The van der Waals surface area contributed by atoms with Gasteiger partial charge < -0.3 is 9.88 Å². The predicted octanol–water partition coefficient (Wildman–Crippen LogP) is 5.53. The maximum absolute atomic E-state index is 13.8. The SMILES string of the molecule is O=C1CCCC2=C1C(c1cn(Cc3cccc(F)c3)c3ccccc13)C1=C(CCCC1=O)N2. The number of Topliss-reactive ketones (excluding diaryl/α,β-unsaturated/α-hetero) is 2. The molecule has 0 saturated carbocycles. The van der Waals surface area contributed by atoms with Gasteiger partial charge in [-0.25, -0.2) is 4.39 Å². The number of carbonyl (C=O) groups excluding carboxylic acids is 2. The maximum Gasteiger partial charge on any atom is 0.161 e. The Labute approximate surface area is 191 Å². The van der Waals surface area contributed by atoms with Gasteiger partial charge in [-0.05, 0) is 55.0 Å². The van der Waals surface area contributed by atoms with Crippen LogP contribution in [0.15, 0.2) is 77.3 Å². The molecule has 5 heteroatoms. The minimum Gasteiger partial charge on any atom is -0.362 e. The minimum atomic E-state index is -0.337. The van der Waals surface area contributed by atoms with Gasteiger partial charge in [0.25, 0.3) is 0 Å². The van der Waals surface area contributed by atoms with E-state index in [1.165, 1.54) is 6.07 Å². The van der Waals surface area contributed by atoms with E-state index in [0.717, 1.165) is 70.3 Å². The Morgan fingerprint density at radius 3 is 2.27 bits per heavy atom. The number of aromatic nitrogens is 1. The number of benzene rings is 2. The summed E-state index contributed by atoms with van der Waals surface area (Å²) in [5, 5.41) is 4.53. The van der Waals surface area contributed by atoms with Crippen LogP contribution in [0.2, 0.25) is 0 Å². The van der Waals surface area contributed by atoms with E-state index in [9.17, 15) is 14.0 Å². The van der Waals surface area contributed by atoms with Gasteiger partial charge in [-0.15, -0.1) is 0 Å². The molecule has 33 heavy (non-hydrogen) atoms. The molecule has 0 atom stereocenters. The molecule has 0 saturated heterocycles. The highest BCUT2D eigenvalue weighted by molar-refractivity contribution is 6.07. The number of carbonyl (C=O) groups is 2. The number of allylic oxidation sites excluding steroid dienone is 4. The number of para-hydroxylation sites is 1. The summed E-state index contributed by atoms with van der Waals surface area (Å²) in [5.74, 6) is -0.315. The fraction of sp³-hybridized carbons (Fsp3) is 0.286. The van der Waals surface area contributed by atoms with Crippen LogP contribution in [0.1, 0.15) is 55.6 Å². The zero-order valence-electron chi connectivity index (χ0n) is 18.4. The van der Waals surface area contributed by atoms with Gasteiger partial charge >= 0.3 is 0 Å². The molecule has 2 aliphatic carbocycles. The van der Waals surface area contributed by atoms with Crippen molar-refractivity contribution in [3.8, 4) is 0 Å². The van der Waals surface area contributed by atoms with Crippen LogP contribution in [0.5, 0.6) is 0 Å². The number of nitrogens with zero attached hydrogens (tertiary/aromatic N) is 1. The van der Waals surface area contributed by atoms with Crippen LogP contribution in [-0.4, -0.2) is 16.1 Å². The van der Waals surface area contributed by atoms with E-state index in [-0.39, 0.29) is 23.3 Å². The van der Waals surface area contributed by atoms with E-state index in [1.54, 1.807) is 12.1 Å². The molecule has 1 aliphatic heterocycles. The first-order valence-electron chi connectivity index (χ1n) is 11.7. The first kappa shape index (κ1) is 20.2. The van der Waals surface area contributed by atoms with Gasteiger partial charge in [0.1, 0.15) is 5.82 Å². The fourth-order valence-corrected chi connectivity index (χ4v) is 5.76. The third-order valence-electron chi connectivity index (χ3n) is 7.16. The molecule has 6 rings (SSSR count). The van der Waals surface area contributed by atoms with Gasteiger partial charge in [0.05, 0.1) is 0 Å². The molecule has 0 amide bonds. The summed E-state index contributed by atoms with van der Waals surface area (Å²) in [6.07, 6.45) is 6.48. The molecule has 1 N–H and O–H groups in total. The summed E-state index contributed by atoms with van der Waals surface area (Å²) in [6.45, 7) is 0.517. The molecule has 0 bridgehead atoms. The minimum absolute atomic E-state index is 0.139. The van der Waals surface area contributed by atoms with Gasteiger partial charge in [-0.3, -0.25) is 9.59 Å². The Kier molecular flexibility index (Phi) is 4.79. The van der Waals surface area contributed by atoms with Gasteiger partial charge in [-0.1, -0.05) is 30.3 Å². The topological polar surface area (TPSA) is 51.1 Å². The van der Waals surface area contributed by atoms with Crippen LogP contribution in [0.3, 0.4) is 0 Å². The lowest BCUT2D eigenvalue weighted by Crippen LogP contribution is -2.36. The van der Waals surface area contributed by atoms with Crippen molar-refractivity contribution in [2.24, 2.45) is 0 Å². The molecule has 1 aromatic heterocycles. The number of rotatable bonds is 3. The highest BCUT2D eigenvalue weighted by atomic mass is 19.1. The summed E-state index contributed by atoms with van der Waals surface area (Å²) in [6, 6.07) is 14.7. The number of dihydropyridines is 1. The van der Waals surface area contributed by atoms with E-state index in [0.29, 0.717) is 19.4 Å². The van der Waals surface area contributed by atoms with Crippen molar-refractivity contribution in [1.82, 2.24) is 9.88 Å². The zero-order valence-corrected chi connectivity index (χ0v) is 18.4. The maximum atomic E-state index is 13.8. The van der Waals surface area contributed by atoms with Crippen LogP contribution in [0.25, 0.3) is 10.9 Å². The monoisotopic (exact) mass is 440 g/mol. The van der Waals surface area contributed by atoms with Crippen LogP contribution in [-0.2, 0) is 16.1 Å². The zero-order chi connectivity index (χ0) is 22.5. The molecule has 0 spiro atoms. The number of fused-ring (bicyclic) bond motifs is 1. The molecule has 2 aromatic carbocycles. The summed E-state index contributed by atoms with van der Waals surface area (Å²) in [5.41, 5.74) is 6.40. The van der Waals surface area contributed by atoms with Crippen LogP contribution < -0.4 is 5.32 Å². The van der Waals surface area contributed by atoms with E-state index in [4.69, 9.17) is 0 Å². The fourth-order valence-electron chi connectivity index (χ4n) is 5.76. The predicted molar refractivity (Wildman–Crippen MR) is 125 cm³/mol. The second-order valence-electron chi connectivity index (χ2n) is 9.26. The third-order valence-corrected chi connectivity index (χ3v) is 7.16. The van der Waals surface area contributed by atoms with E-state index in [2.05, 4.69) is 28.2 Å². The highest BCUT2D eigenvalue weighted by Gasteiger charge is 2.41. The Balaban J connectivity index is 1.55. The van der Waals surface area contributed by atoms with Crippen molar-refractivity contribution < 1.29 is 14.0 Å². The summed E-state index contributed by atoms with van der Waals surface area (Å²) < 4.78 is 15.9. The van der Waals surface area contributed by atoms with Crippen molar-refractivity contribution in [2.75, 3.05) is 0 Å². The van der Waals surface area contributed by atoms with Gasteiger partial charge in [0.2, 0.25) is 0 Å². The van der Waals surface area contributed by atoms with E-state index >= 15 is 0 Å². The number of hydrogen-bond acceptors (Lipinski definition) is 3. The molecule has 0 radical (unpaired) electrons. The first-order valence-corrected chi connectivity index (χ1v) is 11.7. The van der Waals surface area contributed by atoms with Crippen molar-refractivity contribution >= 4 is 22.5 Å². The van der Waals surface area contributed by atoms with Crippen molar-refractivity contribution in [3.05, 3.63) is 94.2 Å². The summed E-state index contributed by atoms with van der Waals surface area (Å²) in [7, 11) is 0. The van der Waals surface area contributed by atoms with E-state index in [1.807, 2.05) is 18.2 Å². The standard InChI is InChI=1S/C28H25FN2O2/c29-18-7-3-6-17(14-18)15-31-16-20(19-8-1-2-11-23(19)31)26-27-21(9-4-12-24(27)32)30-22-10-5-13-25(33)28(22)26/h1-3,6-8,11,14,16,26,30H,4-5,9-10,12-13,15H2. The highest BCUT2D eigenvalue weighted by Crippen LogP contribution is 2.47. The van der Waals surface area contributed by atoms with Crippen molar-refractivity contribution in [1.29, 1.82) is 0 Å². The molecule has 3 aliphatic rings. The summed E-state index contributed by atoms with van der Waals surface area (Å²) >= 11 is 0. The normalized spacial score (nSPS) is 19.1. The smallest absolute Gasteiger partial charge is 0.161 e. The van der Waals surface area contributed by atoms with Gasteiger partial charge in [0, 0.05) is 64.9 Å². The Bertz CT molecular complexity index is 1340. The van der Waals surface area contributed by atoms with Crippen molar-refractivity contribution in [3.63, 3.8) is 0 Å². The molecule has 0 fully saturated rings. The van der Waals surface area contributed by atoms with Crippen LogP contribution in [0.4, 0.5) is 4.39 Å². The van der Waals surface area contributed by atoms with Gasteiger partial charge in [-0.2, -0.15) is 0 Å². The second-order valence-corrected chi connectivity index (χ2v) is 9.26. The van der Waals surface area contributed by atoms with Gasteiger partial charge in [0.15, 0.2) is 11.6 Å². The quantitative estimate of drug-likeness (QED) is 0.583. The molecular formula is C28H25FN2O2. The molecule has 4 nitrogen and oxygen atoms in total. The van der Waals surface area contributed by atoms with Crippen LogP contribution >= 0.6 is 0 Å².